The molecule has 18 heavy (non-hydrogen) atoms. The molecule has 0 radical (unpaired) electrons. The van der Waals surface area contributed by atoms with Crippen molar-refractivity contribution in [2.45, 2.75) is 52.1 Å². The van der Waals surface area contributed by atoms with Crippen molar-refractivity contribution in [3.63, 3.8) is 0 Å². The van der Waals surface area contributed by atoms with Crippen LogP contribution in [-0.2, 0) is 11.2 Å². The molecule has 0 fully saturated rings. The van der Waals surface area contributed by atoms with Gasteiger partial charge in [0.05, 0.1) is 0 Å². The molecule has 3 nitrogen and oxygen atoms in total. The number of thiophene rings is 1. The van der Waals surface area contributed by atoms with Crippen LogP contribution >= 0.6 is 11.3 Å². The molecule has 1 aromatic heterocycles. The smallest absolute Gasteiger partial charge is 0.407 e. The summed E-state index contributed by atoms with van der Waals surface area (Å²) in [6.45, 7) is 6.30. The van der Waals surface area contributed by atoms with Crippen molar-refractivity contribution in [1.82, 2.24) is 5.32 Å². The lowest BCUT2D eigenvalue weighted by molar-refractivity contribution is 0.0527. The molecule has 0 unspecified atom stereocenters. The average Bonchev–Trinajstić information content (AvgIpc) is 2.73. The fourth-order valence-electron chi connectivity index (χ4n) is 1.56. The Bertz CT molecular complexity index is 341. The standard InChI is InChI=1S/C14H23NO2S/c1-14(2,3)17-13(16)15-10-6-4-5-8-12-9-7-11-18-12/h7,9,11H,4-6,8,10H2,1-3H3,(H,15,16). The SMILES string of the molecule is CC(C)(C)OC(=O)NCCCCCc1cccs1. The Morgan fingerprint density at radius 3 is 2.72 bits per heavy atom. The number of ether oxygens (including phenoxy) is 1. The van der Waals surface area contributed by atoms with Crippen molar-refractivity contribution in [2.24, 2.45) is 0 Å². The molecule has 1 N–H and O–H groups in total. The molecule has 4 heteroatoms. The first kappa shape index (κ1) is 15.0. The summed E-state index contributed by atoms with van der Waals surface area (Å²) in [6.07, 6.45) is 4.14. The van der Waals surface area contributed by atoms with Crippen LogP contribution < -0.4 is 5.32 Å². The molecule has 102 valence electrons. The molecule has 0 aliphatic heterocycles. The number of carbonyl (C=O) groups is 1. The van der Waals surface area contributed by atoms with E-state index in [9.17, 15) is 4.79 Å². The Balaban J connectivity index is 1.97. The van der Waals surface area contributed by atoms with Gasteiger partial charge >= 0.3 is 6.09 Å². The van der Waals surface area contributed by atoms with Crippen LogP contribution in [0.15, 0.2) is 17.5 Å². The van der Waals surface area contributed by atoms with Gasteiger partial charge in [0, 0.05) is 11.4 Å². The normalized spacial score (nSPS) is 11.3. The van der Waals surface area contributed by atoms with Gasteiger partial charge in [-0.3, -0.25) is 0 Å². The zero-order valence-corrected chi connectivity index (χ0v) is 12.3. The number of unbranched alkanes of at least 4 members (excludes halogenated alkanes) is 2. The van der Waals surface area contributed by atoms with E-state index in [1.807, 2.05) is 32.1 Å². The molecule has 1 heterocycles. The highest BCUT2D eigenvalue weighted by Gasteiger charge is 2.15. The first-order chi connectivity index (χ1) is 8.47. The minimum absolute atomic E-state index is 0.319. The van der Waals surface area contributed by atoms with Crippen molar-refractivity contribution in [3.8, 4) is 0 Å². The minimum Gasteiger partial charge on any atom is -0.444 e. The highest BCUT2D eigenvalue weighted by molar-refractivity contribution is 7.09. The zero-order chi connectivity index (χ0) is 13.4. The summed E-state index contributed by atoms with van der Waals surface area (Å²) >= 11 is 1.81. The van der Waals surface area contributed by atoms with Gasteiger partial charge in [-0.25, -0.2) is 4.79 Å². The highest BCUT2D eigenvalue weighted by Crippen LogP contribution is 2.12. The van der Waals surface area contributed by atoms with E-state index in [0.717, 1.165) is 19.3 Å². The summed E-state index contributed by atoms with van der Waals surface area (Å²) in [6, 6.07) is 4.26. The van der Waals surface area contributed by atoms with E-state index >= 15 is 0 Å². The van der Waals surface area contributed by atoms with Crippen LogP contribution in [0, 0.1) is 0 Å². The fraction of sp³-hybridized carbons (Fsp3) is 0.643. The third-order valence-electron chi connectivity index (χ3n) is 2.35. The average molecular weight is 269 g/mol. The number of hydrogen-bond acceptors (Lipinski definition) is 3. The van der Waals surface area contributed by atoms with Gasteiger partial charge in [0.25, 0.3) is 0 Å². The van der Waals surface area contributed by atoms with Crippen molar-refractivity contribution in [3.05, 3.63) is 22.4 Å². The summed E-state index contributed by atoms with van der Waals surface area (Å²) in [4.78, 5) is 12.8. The van der Waals surface area contributed by atoms with Crippen molar-refractivity contribution >= 4 is 17.4 Å². The van der Waals surface area contributed by atoms with Crippen molar-refractivity contribution in [2.75, 3.05) is 6.54 Å². The second-order valence-corrected chi connectivity index (χ2v) is 6.35. The Labute approximate surface area is 114 Å². The van der Waals surface area contributed by atoms with Gasteiger partial charge < -0.3 is 10.1 Å². The molecular weight excluding hydrogens is 246 g/mol. The largest absolute Gasteiger partial charge is 0.444 e. The van der Waals surface area contributed by atoms with E-state index in [0.29, 0.717) is 6.54 Å². The molecule has 0 bridgehead atoms. The quantitative estimate of drug-likeness (QED) is 0.793. The summed E-state index contributed by atoms with van der Waals surface area (Å²) in [7, 11) is 0. The second-order valence-electron chi connectivity index (χ2n) is 5.32. The van der Waals surface area contributed by atoms with Crippen LogP contribution in [0.2, 0.25) is 0 Å². The zero-order valence-electron chi connectivity index (χ0n) is 11.5. The van der Waals surface area contributed by atoms with Gasteiger partial charge in [-0.1, -0.05) is 12.5 Å². The predicted octanol–water partition coefficient (Wildman–Crippen LogP) is 3.99. The molecule has 0 aromatic carbocycles. The first-order valence-electron chi connectivity index (χ1n) is 6.46. The monoisotopic (exact) mass is 269 g/mol. The molecule has 0 saturated carbocycles. The van der Waals surface area contributed by atoms with Gasteiger partial charge in [-0.05, 0) is 51.5 Å². The lowest BCUT2D eigenvalue weighted by Crippen LogP contribution is -2.32. The first-order valence-corrected chi connectivity index (χ1v) is 7.34. The number of carbonyl (C=O) groups excluding carboxylic acids is 1. The number of nitrogens with one attached hydrogen (secondary N) is 1. The van der Waals surface area contributed by atoms with Gasteiger partial charge in [0.2, 0.25) is 0 Å². The maximum Gasteiger partial charge on any atom is 0.407 e. The van der Waals surface area contributed by atoms with Gasteiger partial charge in [-0.15, -0.1) is 11.3 Å². The summed E-state index contributed by atoms with van der Waals surface area (Å²) in [5.41, 5.74) is -0.413. The molecule has 0 atom stereocenters. The van der Waals surface area contributed by atoms with Crippen molar-refractivity contribution in [1.29, 1.82) is 0 Å². The van der Waals surface area contributed by atoms with E-state index in [1.165, 1.54) is 11.3 Å². The molecule has 0 aliphatic rings. The summed E-state index contributed by atoms with van der Waals surface area (Å²) in [5, 5.41) is 4.88. The molecule has 1 aromatic rings. The highest BCUT2D eigenvalue weighted by atomic mass is 32.1. The van der Waals surface area contributed by atoms with E-state index in [1.54, 1.807) is 0 Å². The fourth-order valence-corrected chi connectivity index (χ4v) is 2.31. The number of aryl methyl sites for hydroxylation is 1. The van der Waals surface area contributed by atoms with Crippen LogP contribution in [0.3, 0.4) is 0 Å². The predicted molar refractivity (Wildman–Crippen MR) is 76.1 cm³/mol. The Kier molecular flexibility index (Phi) is 6.19. The van der Waals surface area contributed by atoms with Crippen molar-refractivity contribution < 1.29 is 9.53 Å². The molecule has 0 aliphatic carbocycles. The van der Waals surface area contributed by atoms with Crippen LogP contribution in [0.1, 0.15) is 44.9 Å². The van der Waals surface area contributed by atoms with Gasteiger partial charge in [-0.2, -0.15) is 0 Å². The molecule has 1 amide bonds. The minimum atomic E-state index is -0.413. The maximum atomic E-state index is 11.3. The van der Waals surface area contributed by atoms with Gasteiger partial charge in [0.15, 0.2) is 0 Å². The second kappa shape index (κ2) is 7.41. The summed E-state index contributed by atoms with van der Waals surface area (Å²) in [5.74, 6) is 0. The molecule has 0 saturated heterocycles. The molecular formula is C14H23NO2S. The third-order valence-corrected chi connectivity index (χ3v) is 3.28. The number of amides is 1. The molecule has 1 rings (SSSR count). The van der Waals surface area contributed by atoms with E-state index in [2.05, 4.69) is 22.8 Å². The maximum absolute atomic E-state index is 11.3. The van der Waals surface area contributed by atoms with Crippen LogP contribution in [0.5, 0.6) is 0 Å². The van der Waals surface area contributed by atoms with Crippen LogP contribution in [0.25, 0.3) is 0 Å². The van der Waals surface area contributed by atoms with Gasteiger partial charge in [0.1, 0.15) is 5.60 Å². The van der Waals surface area contributed by atoms with Crippen LogP contribution in [-0.4, -0.2) is 18.2 Å². The van der Waals surface area contributed by atoms with E-state index in [4.69, 9.17) is 4.74 Å². The number of rotatable bonds is 6. The Morgan fingerprint density at radius 1 is 1.33 bits per heavy atom. The number of alkyl carbamates (subject to hydrolysis) is 1. The lowest BCUT2D eigenvalue weighted by Gasteiger charge is -2.19. The van der Waals surface area contributed by atoms with E-state index in [-0.39, 0.29) is 6.09 Å². The Hall–Kier alpha value is -1.03. The third kappa shape index (κ3) is 7.33. The lowest BCUT2D eigenvalue weighted by atomic mass is 10.2. The Morgan fingerprint density at radius 2 is 2.11 bits per heavy atom. The number of hydrogen-bond donors (Lipinski definition) is 1. The van der Waals surface area contributed by atoms with Crippen LogP contribution in [0.4, 0.5) is 4.79 Å². The molecule has 0 spiro atoms. The summed E-state index contributed by atoms with van der Waals surface area (Å²) < 4.78 is 5.15. The topological polar surface area (TPSA) is 38.3 Å². The van der Waals surface area contributed by atoms with E-state index < -0.39 is 5.60 Å².